The van der Waals surface area contributed by atoms with Crippen LogP contribution in [-0.4, -0.2) is 43.5 Å². The maximum Gasteiger partial charge on any atom is 0.234 e. The second kappa shape index (κ2) is 10.6. The zero-order valence-electron chi connectivity index (χ0n) is 14.6. The second-order valence-electron chi connectivity index (χ2n) is 6.37. The van der Waals surface area contributed by atoms with E-state index in [9.17, 15) is 9.18 Å². The van der Waals surface area contributed by atoms with E-state index < -0.39 is 0 Å². The summed E-state index contributed by atoms with van der Waals surface area (Å²) in [5.74, 6) is 0.507. The number of nitrogens with zero attached hydrogens (tertiary/aromatic N) is 1. The first-order chi connectivity index (χ1) is 11.1. The van der Waals surface area contributed by atoms with Crippen molar-refractivity contribution in [1.29, 1.82) is 0 Å². The number of halogens is 2. The summed E-state index contributed by atoms with van der Waals surface area (Å²) in [7, 11) is 0. The van der Waals surface area contributed by atoms with Crippen molar-refractivity contribution in [3.8, 4) is 0 Å². The molecule has 24 heavy (non-hydrogen) atoms. The molecule has 1 atom stereocenters. The lowest BCUT2D eigenvalue weighted by atomic mass is 9.97. The molecule has 1 aromatic rings. The van der Waals surface area contributed by atoms with E-state index in [1.165, 1.54) is 12.1 Å². The van der Waals surface area contributed by atoms with Crippen molar-refractivity contribution in [2.45, 2.75) is 32.7 Å². The predicted octanol–water partition coefficient (Wildman–Crippen LogP) is 2.75. The Labute approximate surface area is 150 Å². The zero-order chi connectivity index (χ0) is 16.7. The maximum atomic E-state index is 12.9. The lowest BCUT2D eigenvalue weighted by Gasteiger charge is -2.31. The van der Waals surface area contributed by atoms with Gasteiger partial charge in [-0.3, -0.25) is 9.69 Å². The van der Waals surface area contributed by atoms with Crippen molar-refractivity contribution in [3.63, 3.8) is 0 Å². The van der Waals surface area contributed by atoms with Gasteiger partial charge in [-0.25, -0.2) is 4.39 Å². The lowest BCUT2D eigenvalue weighted by Crippen LogP contribution is -2.43. The standard InChI is InChI=1S/C18H28FN3O.ClH/c1-3-20-12-15-8-10-22(11-9-15)13-18(23)21-14(2)16-4-6-17(19)7-5-16;/h4-7,14-15,20H,3,8-13H2,1-2H3,(H,21,23);1H. The Kier molecular flexibility index (Phi) is 9.26. The van der Waals surface area contributed by atoms with Crippen LogP contribution in [0, 0.1) is 11.7 Å². The van der Waals surface area contributed by atoms with Crippen LogP contribution in [-0.2, 0) is 4.79 Å². The van der Waals surface area contributed by atoms with Gasteiger partial charge < -0.3 is 10.6 Å². The normalized spacial score (nSPS) is 17.1. The number of amides is 1. The molecule has 1 fully saturated rings. The SMILES string of the molecule is CCNCC1CCN(CC(=O)NC(C)c2ccc(F)cc2)CC1.Cl. The van der Waals surface area contributed by atoms with Crippen molar-refractivity contribution in [3.05, 3.63) is 35.6 Å². The van der Waals surface area contributed by atoms with Gasteiger partial charge in [0, 0.05) is 0 Å². The Hall–Kier alpha value is -1.17. The van der Waals surface area contributed by atoms with Crippen LogP contribution in [0.15, 0.2) is 24.3 Å². The summed E-state index contributed by atoms with van der Waals surface area (Å²) in [6.07, 6.45) is 2.29. The van der Waals surface area contributed by atoms with Gasteiger partial charge in [-0.1, -0.05) is 19.1 Å². The van der Waals surface area contributed by atoms with Crippen LogP contribution < -0.4 is 10.6 Å². The van der Waals surface area contributed by atoms with Gasteiger partial charge >= 0.3 is 0 Å². The van der Waals surface area contributed by atoms with Crippen LogP contribution in [0.4, 0.5) is 4.39 Å². The molecule has 0 saturated carbocycles. The van der Waals surface area contributed by atoms with E-state index in [0.29, 0.717) is 6.54 Å². The summed E-state index contributed by atoms with van der Waals surface area (Å²) >= 11 is 0. The molecule has 1 heterocycles. The Morgan fingerprint density at radius 3 is 2.50 bits per heavy atom. The molecule has 2 rings (SSSR count). The summed E-state index contributed by atoms with van der Waals surface area (Å²) in [5, 5.41) is 6.39. The number of nitrogens with one attached hydrogen (secondary N) is 2. The Morgan fingerprint density at radius 1 is 1.29 bits per heavy atom. The molecule has 0 bridgehead atoms. The topological polar surface area (TPSA) is 44.4 Å². The molecule has 1 saturated heterocycles. The average Bonchev–Trinajstić information content (AvgIpc) is 2.54. The van der Waals surface area contributed by atoms with Gasteiger partial charge in [0.15, 0.2) is 0 Å². The first kappa shape index (κ1) is 20.9. The highest BCUT2D eigenvalue weighted by Crippen LogP contribution is 2.16. The monoisotopic (exact) mass is 357 g/mol. The Morgan fingerprint density at radius 2 is 1.92 bits per heavy atom. The molecule has 1 unspecified atom stereocenters. The van der Waals surface area contributed by atoms with Crippen LogP contribution in [0.5, 0.6) is 0 Å². The summed E-state index contributed by atoms with van der Waals surface area (Å²) < 4.78 is 12.9. The summed E-state index contributed by atoms with van der Waals surface area (Å²) in [5.41, 5.74) is 0.920. The second-order valence-corrected chi connectivity index (χ2v) is 6.37. The molecule has 0 aliphatic carbocycles. The minimum absolute atomic E-state index is 0. The van der Waals surface area contributed by atoms with E-state index in [4.69, 9.17) is 0 Å². The Balaban J connectivity index is 0.00000288. The molecule has 1 aliphatic rings. The van der Waals surface area contributed by atoms with Gasteiger partial charge in [0.05, 0.1) is 12.6 Å². The highest BCUT2D eigenvalue weighted by Gasteiger charge is 2.21. The van der Waals surface area contributed by atoms with Crippen molar-refractivity contribution in [2.75, 3.05) is 32.7 Å². The maximum absolute atomic E-state index is 12.9. The van der Waals surface area contributed by atoms with E-state index in [1.807, 2.05) is 6.92 Å². The van der Waals surface area contributed by atoms with Crippen molar-refractivity contribution < 1.29 is 9.18 Å². The third-order valence-corrected chi connectivity index (χ3v) is 4.50. The average molecular weight is 358 g/mol. The van der Waals surface area contributed by atoms with Crippen LogP contribution >= 0.6 is 12.4 Å². The largest absolute Gasteiger partial charge is 0.348 e. The smallest absolute Gasteiger partial charge is 0.234 e. The molecule has 4 nitrogen and oxygen atoms in total. The fraction of sp³-hybridized carbons (Fsp3) is 0.611. The number of benzene rings is 1. The van der Waals surface area contributed by atoms with Gasteiger partial charge in [-0.15, -0.1) is 12.4 Å². The summed E-state index contributed by atoms with van der Waals surface area (Å²) in [4.78, 5) is 14.4. The van der Waals surface area contributed by atoms with Crippen molar-refractivity contribution in [2.24, 2.45) is 5.92 Å². The first-order valence-corrected chi connectivity index (χ1v) is 8.56. The molecular formula is C18H29ClFN3O. The minimum atomic E-state index is -0.257. The van der Waals surface area contributed by atoms with E-state index in [-0.39, 0.29) is 30.2 Å². The van der Waals surface area contributed by atoms with Crippen molar-refractivity contribution in [1.82, 2.24) is 15.5 Å². The molecule has 6 heteroatoms. The predicted molar refractivity (Wildman–Crippen MR) is 97.9 cm³/mol. The number of hydrogen-bond donors (Lipinski definition) is 2. The number of likely N-dealkylation sites (tertiary alicyclic amines) is 1. The number of carbonyl (C=O) groups is 1. The van der Waals surface area contributed by atoms with Gasteiger partial charge in [0.1, 0.15) is 5.82 Å². The van der Waals surface area contributed by atoms with Gasteiger partial charge in [-0.2, -0.15) is 0 Å². The fourth-order valence-electron chi connectivity index (χ4n) is 3.02. The molecule has 0 radical (unpaired) electrons. The fourth-order valence-corrected chi connectivity index (χ4v) is 3.02. The number of hydrogen-bond acceptors (Lipinski definition) is 3. The molecule has 1 amide bonds. The lowest BCUT2D eigenvalue weighted by molar-refractivity contribution is -0.123. The van der Waals surface area contributed by atoms with Crippen LogP contribution in [0.25, 0.3) is 0 Å². The number of piperidine rings is 1. The third kappa shape index (κ3) is 6.75. The third-order valence-electron chi connectivity index (χ3n) is 4.50. The van der Waals surface area contributed by atoms with E-state index in [1.54, 1.807) is 12.1 Å². The zero-order valence-corrected chi connectivity index (χ0v) is 15.4. The van der Waals surface area contributed by atoms with Crippen LogP contribution in [0.1, 0.15) is 38.3 Å². The van der Waals surface area contributed by atoms with Crippen LogP contribution in [0.3, 0.4) is 0 Å². The van der Waals surface area contributed by atoms with Crippen LogP contribution in [0.2, 0.25) is 0 Å². The summed E-state index contributed by atoms with van der Waals surface area (Å²) in [6.45, 7) is 8.56. The van der Waals surface area contributed by atoms with E-state index >= 15 is 0 Å². The molecular weight excluding hydrogens is 329 g/mol. The number of rotatable bonds is 7. The molecule has 1 aliphatic heterocycles. The molecule has 0 spiro atoms. The molecule has 2 N–H and O–H groups in total. The molecule has 136 valence electrons. The Bertz CT molecular complexity index is 490. The van der Waals surface area contributed by atoms with E-state index in [0.717, 1.165) is 50.5 Å². The van der Waals surface area contributed by atoms with Gasteiger partial charge in [-0.05, 0) is 69.6 Å². The minimum Gasteiger partial charge on any atom is -0.348 e. The molecule has 1 aromatic carbocycles. The molecule has 0 aromatic heterocycles. The van der Waals surface area contributed by atoms with Crippen molar-refractivity contribution >= 4 is 18.3 Å². The van der Waals surface area contributed by atoms with Gasteiger partial charge in [0.25, 0.3) is 0 Å². The number of carbonyl (C=O) groups excluding carboxylic acids is 1. The first-order valence-electron chi connectivity index (χ1n) is 8.56. The highest BCUT2D eigenvalue weighted by atomic mass is 35.5. The highest BCUT2D eigenvalue weighted by molar-refractivity contribution is 5.85. The van der Waals surface area contributed by atoms with E-state index in [2.05, 4.69) is 22.5 Å². The summed E-state index contributed by atoms with van der Waals surface area (Å²) in [6, 6.07) is 6.17. The quantitative estimate of drug-likeness (QED) is 0.788. The van der Waals surface area contributed by atoms with Gasteiger partial charge in [0.2, 0.25) is 5.91 Å².